The Kier molecular flexibility index (Phi) is 5.70. The molecule has 1 fully saturated rings. The first-order chi connectivity index (χ1) is 16.3. The maximum Gasteiger partial charge on any atom is 0.174 e. The minimum absolute atomic E-state index is 0.0478. The van der Waals surface area contributed by atoms with Crippen LogP contribution >= 0.6 is 12.2 Å². The number of nitrogens with one attached hydrogen (secondary N) is 1. The van der Waals surface area contributed by atoms with Crippen LogP contribution < -0.4 is 10.2 Å². The van der Waals surface area contributed by atoms with Gasteiger partial charge in [-0.25, -0.2) is 4.98 Å². The average molecular weight is 468 g/mol. The van der Waals surface area contributed by atoms with Crippen molar-refractivity contribution in [3.63, 3.8) is 0 Å². The normalized spacial score (nSPS) is 17.8. The lowest BCUT2D eigenvalue weighted by Crippen LogP contribution is -2.29. The highest BCUT2D eigenvalue weighted by atomic mass is 32.1. The molecule has 0 bridgehead atoms. The van der Waals surface area contributed by atoms with Crippen molar-refractivity contribution in [3.05, 3.63) is 106 Å². The highest BCUT2D eigenvalue weighted by Gasteiger charge is 2.42. The summed E-state index contributed by atoms with van der Waals surface area (Å²) in [7, 11) is 0. The van der Waals surface area contributed by atoms with Gasteiger partial charge in [0.15, 0.2) is 5.11 Å². The van der Waals surface area contributed by atoms with E-state index in [-0.39, 0.29) is 12.1 Å². The van der Waals surface area contributed by atoms with Crippen molar-refractivity contribution < 1.29 is 0 Å². The summed E-state index contributed by atoms with van der Waals surface area (Å²) in [5.74, 6) is 0.933. The number of anilines is 1. The molecule has 5 rings (SSSR count). The Morgan fingerprint density at radius 3 is 2.26 bits per heavy atom. The molecule has 3 aromatic heterocycles. The molecular weight excluding hydrogens is 438 g/mol. The van der Waals surface area contributed by atoms with Gasteiger partial charge >= 0.3 is 0 Å². The highest BCUT2D eigenvalue weighted by Crippen LogP contribution is 2.44. The van der Waals surface area contributed by atoms with Gasteiger partial charge in [0.25, 0.3) is 0 Å². The molecule has 4 aromatic rings. The molecular formula is C28H29N5S. The molecule has 4 heterocycles. The second kappa shape index (κ2) is 8.69. The second-order valence-electron chi connectivity index (χ2n) is 9.20. The summed E-state index contributed by atoms with van der Waals surface area (Å²) in [5.41, 5.74) is 9.19. The lowest BCUT2D eigenvalue weighted by molar-refractivity contribution is 0.565. The minimum atomic E-state index is -0.0751. The Balaban J connectivity index is 1.70. The molecule has 0 saturated carbocycles. The number of thiocarbonyl (C=S) groups is 1. The van der Waals surface area contributed by atoms with Crippen LogP contribution in [0.5, 0.6) is 0 Å². The maximum absolute atomic E-state index is 5.92. The summed E-state index contributed by atoms with van der Waals surface area (Å²) in [5, 5.41) is 4.29. The van der Waals surface area contributed by atoms with Crippen molar-refractivity contribution in [2.45, 2.75) is 46.7 Å². The smallest absolute Gasteiger partial charge is 0.174 e. The monoisotopic (exact) mass is 467 g/mol. The van der Waals surface area contributed by atoms with Crippen molar-refractivity contribution in [3.8, 4) is 5.82 Å². The molecule has 1 N–H and O–H groups in total. The predicted octanol–water partition coefficient (Wildman–Crippen LogP) is 5.99. The van der Waals surface area contributed by atoms with Crippen LogP contribution in [0.4, 0.5) is 5.69 Å². The molecule has 1 aliphatic rings. The number of nitrogens with zero attached hydrogens (tertiary/aromatic N) is 4. The van der Waals surface area contributed by atoms with Crippen LogP contribution in [0.1, 0.15) is 51.4 Å². The Hall–Kier alpha value is -3.51. The first-order valence-electron chi connectivity index (χ1n) is 11.5. The minimum Gasteiger partial charge on any atom is -0.351 e. The molecule has 2 atom stereocenters. The Labute approximate surface area is 206 Å². The fourth-order valence-corrected chi connectivity index (χ4v) is 5.47. The Bertz CT molecular complexity index is 1350. The van der Waals surface area contributed by atoms with Crippen molar-refractivity contribution >= 4 is 23.0 Å². The lowest BCUT2D eigenvalue weighted by atomic mass is 9.96. The van der Waals surface area contributed by atoms with Gasteiger partial charge < -0.3 is 14.8 Å². The van der Waals surface area contributed by atoms with E-state index in [1.807, 2.05) is 30.6 Å². The average Bonchev–Trinajstić information content (AvgIpc) is 3.29. The molecule has 34 heavy (non-hydrogen) atoms. The molecule has 6 heteroatoms. The number of hydrogen-bond acceptors (Lipinski definition) is 3. The predicted molar refractivity (Wildman–Crippen MR) is 142 cm³/mol. The topological polar surface area (TPSA) is 46.0 Å². The fourth-order valence-electron chi connectivity index (χ4n) is 5.12. The van der Waals surface area contributed by atoms with E-state index in [1.54, 1.807) is 0 Å². The Morgan fingerprint density at radius 1 is 0.824 bits per heavy atom. The summed E-state index contributed by atoms with van der Waals surface area (Å²) >= 11 is 5.92. The number of rotatable bonds is 4. The molecule has 1 aromatic carbocycles. The first kappa shape index (κ1) is 22.3. The summed E-state index contributed by atoms with van der Waals surface area (Å²) in [6, 6.07) is 18.9. The van der Waals surface area contributed by atoms with E-state index in [1.165, 1.54) is 22.3 Å². The largest absolute Gasteiger partial charge is 0.351 e. The summed E-state index contributed by atoms with van der Waals surface area (Å²) in [6.45, 7) is 10.7. The molecule has 172 valence electrons. The molecule has 0 spiro atoms. The van der Waals surface area contributed by atoms with Gasteiger partial charge in [0.05, 0.1) is 17.8 Å². The summed E-state index contributed by atoms with van der Waals surface area (Å²) < 4.78 is 2.23. The standard InChI is InChI=1S/C28H29N5S/c1-17-9-11-30-25(15-17)32-20(4)16-23(21(32)5)27-26(24-8-6-7-10-29-24)31-28(34)33(27)22-13-18(2)12-19(3)14-22/h6-16,26-27H,1-5H3,(H,31,34)/t26-,27-/m1/s1. The van der Waals surface area contributed by atoms with Gasteiger partial charge in [0.1, 0.15) is 5.82 Å². The fraction of sp³-hybridized carbons (Fsp3) is 0.250. The van der Waals surface area contributed by atoms with Crippen LogP contribution in [0.3, 0.4) is 0 Å². The van der Waals surface area contributed by atoms with E-state index in [9.17, 15) is 0 Å². The third-order valence-electron chi connectivity index (χ3n) is 6.50. The van der Waals surface area contributed by atoms with E-state index in [0.717, 1.165) is 28.6 Å². The van der Waals surface area contributed by atoms with Gasteiger partial charge in [-0.2, -0.15) is 0 Å². The van der Waals surface area contributed by atoms with Crippen LogP contribution in [0.15, 0.2) is 67.0 Å². The number of pyridine rings is 2. The molecule has 0 radical (unpaired) electrons. The molecule has 5 nitrogen and oxygen atoms in total. The van der Waals surface area contributed by atoms with Crippen molar-refractivity contribution in [2.24, 2.45) is 0 Å². The van der Waals surface area contributed by atoms with Crippen LogP contribution in [0, 0.1) is 34.6 Å². The number of benzene rings is 1. The van der Waals surface area contributed by atoms with E-state index in [4.69, 9.17) is 17.2 Å². The van der Waals surface area contributed by atoms with E-state index >= 15 is 0 Å². The second-order valence-corrected chi connectivity index (χ2v) is 9.58. The van der Waals surface area contributed by atoms with Gasteiger partial charge in [-0.05, 0) is 112 Å². The van der Waals surface area contributed by atoms with E-state index < -0.39 is 0 Å². The summed E-state index contributed by atoms with van der Waals surface area (Å²) in [6.07, 6.45) is 3.71. The third kappa shape index (κ3) is 3.88. The van der Waals surface area contributed by atoms with Crippen molar-refractivity contribution in [2.75, 3.05) is 4.90 Å². The van der Waals surface area contributed by atoms with E-state index in [0.29, 0.717) is 5.11 Å². The zero-order chi connectivity index (χ0) is 24.0. The third-order valence-corrected chi connectivity index (χ3v) is 6.82. The van der Waals surface area contributed by atoms with Crippen molar-refractivity contribution in [1.29, 1.82) is 0 Å². The summed E-state index contributed by atoms with van der Waals surface area (Å²) in [4.78, 5) is 11.6. The maximum atomic E-state index is 5.92. The van der Waals surface area contributed by atoms with E-state index in [2.05, 4.69) is 90.8 Å². The zero-order valence-corrected chi connectivity index (χ0v) is 21.0. The molecule has 0 aliphatic carbocycles. The van der Waals surface area contributed by atoms with Crippen LogP contribution in [0.2, 0.25) is 0 Å². The van der Waals surface area contributed by atoms with Gasteiger partial charge in [-0.15, -0.1) is 0 Å². The first-order valence-corrected chi connectivity index (χ1v) is 11.9. The molecule has 0 amide bonds. The zero-order valence-electron chi connectivity index (χ0n) is 20.2. The molecule has 1 aliphatic heterocycles. The number of hydrogen-bond donors (Lipinski definition) is 1. The highest BCUT2D eigenvalue weighted by molar-refractivity contribution is 7.80. The van der Waals surface area contributed by atoms with Crippen LogP contribution in [-0.4, -0.2) is 19.6 Å². The Morgan fingerprint density at radius 2 is 1.59 bits per heavy atom. The lowest BCUT2D eigenvalue weighted by Gasteiger charge is -2.28. The number of aryl methyl sites for hydroxylation is 4. The van der Waals surface area contributed by atoms with Gasteiger partial charge in [-0.3, -0.25) is 4.98 Å². The quantitative estimate of drug-likeness (QED) is 0.374. The van der Waals surface area contributed by atoms with Gasteiger partial charge in [0.2, 0.25) is 0 Å². The SMILES string of the molecule is Cc1cc(C)cc(N2C(=S)N[C@H](c3ccccn3)[C@H]2c2cc(C)n(-c3cc(C)ccn3)c2C)c1. The van der Waals surface area contributed by atoms with Crippen molar-refractivity contribution in [1.82, 2.24) is 19.9 Å². The molecule has 0 unspecified atom stereocenters. The van der Waals surface area contributed by atoms with Crippen LogP contribution in [0.25, 0.3) is 5.82 Å². The van der Waals surface area contributed by atoms with Gasteiger partial charge in [0, 0.05) is 29.5 Å². The molecule has 1 saturated heterocycles. The van der Waals surface area contributed by atoms with Crippen LogP contribution in [-0.2, 0) is 0 Å². The number of aromatic nitrogens is 3. The van der Waals surface area contributed by atoms with Gasteiger partial charge in [-0.1, -0.05) is 12.1 Å².